The predicted octanol–water partition coefficient (Wildman–Crippen LogP) is 4.14. The minimum Gasteiger partial charge on any atom is -0.0848 e. The van der Waals surface area contributed by atoms with E-state index in [9.17, 15) is 0 Å². The molecule has 12 heavy (non-hydrogen) atoms. The highest BCUT2D eigenvalue weighted by atomic mass is 79.9. The van der Waals surface area contributed by atoms with Gasteiger partial charge in [-0.1, -0.05) is 51.8 Å². The zero-order valence-corrected chi connectivity index (χ0v) is 9.14. The molecule has 0 N–H and O–H groups in total. The highest BCUT2D eigenvalue weighted by Crippen LogP contribution is 2.11. The maximum atomic E-state index is 5.74. The molecule has 0 aliphatic carbocycles. The summed E-state index contributed by atoms with van der Waals surface area (Å²) in [7, 11) is 0. The number of alkyl halides is 1. The Labute approximate surface area is 86.4 Å². The number of allylic oxidation sites excluding steroid dienone is 1. The van der Waals surface area contributed by atoms with Gasteiger partial charge in [-0.15, -0.1) is 0 Å². The van der Waals surface area contributed by atoms with Crippen molar-refractivity contribution >= 4 is 33.6 Å². The average Bonchev–Trinajstić information content (AvgIpc) is 2.03. The second-order valence-electron chi connectivity index (χ2n) is 2.59. The number of hydrogen-bond donors (Lipinski definition) is 0. The summed E-state index contributed by atoms with van der Waals surface area (Å²) in [6, 6.07) is 7.77. The molecule has 0 saturated carbocycles. The second kappa shape index (κ2) is 4.68. The van der Waals surface area contributed by atoms with Crippen molar-refractivity contribution in [1.29, 1.82) is 0 Å². The fourth-order valence-corrected chi connectivity index (χ4v) is 1.10. The summed E-state index contributed by atoms with van der Waals surface area (Å²) in [4.78, 5) is 0.410. The first kappa shape index (κ1) is 9.82. The third-order valence-corrected chi connectivity index (χ3v) is 1.98. The van der Waals surface area contributed by atoms with Crippen molar-refractivity contribution in [2.24, 2.45) is 0 Å². The summed E-state index contributed by atoms with van der Waals surface area (Å²) in [5.41, 5.74) is 1.17. The van der Waals surface area contributed by atoms with Gasteiger partial charge >= 0.3 is 0 Å². The average molecular weight is 246 g/mol. The Morgan fingerprint density at radius 3 is 2.42 bits per heavy atom. The summed E-state index contributed by atoms with van der Waals surface area (Å²) in [6.07, 6.45) is 4.15. The first-order valence-electron chi connectivity index (χ1n) is 3.76. The Kier molecular flexibility index (Phi) is 3.83. The molecule has 64 valence electrons. The van der Waals surface area contributed by atoms with E-state index in [0.29, 0.717) is 4.83 Å². The monoisotopic (exact) mass is 244 g/mol. The molecular formula is C10H10BrCl. The molecule has 1 aromatic rings. The van der Waals surface area contributed by atoms with Crippen molar-refractivity contribution in [3.63, 3.8) is 0 Å². The molecule has 0 spiro atoms. The SMILES string of the molecule is CC(Br)C=Cc1ccc(Cl)cc1. The normalized spacial score (nSPS) is 13.6. The van der Waals surface area contributed by atoms with E-state index in [4.69, 9.17) is 11.6 Å². The molecule has 2 heteroatoms. The van der Waals surface area contributed by atoms with Crippen LogP contribution in [0.15, 0.2) is 30.3 Å². The van der Waals surface area contributed by atoms with Crippen LogP contribution in [0.3, 0.4) is 0 Å². The van der Waals surface area contributed by atoms with Crippen molar-refractivity contribution in [1.82, 2.24) is 0 Å². The van der Waals surface area contributed by atoms with E-state index >= 15 is 0 Å². The highest BCUT2D eigenvalue weighted by molar-refractivity contribution is 9.09. The molecule has 0 radical (unpaired) electrons. The lowest BCUT2D eigenvalue weighted by Gasteiger charge is -1.94. The van der Waals surface area contributed by atoms with E-state index in [-0.39, 0.29) is 0 Å². The van der Waals surface area contributed by atoms with Crippen LogP contribution in [0.2, 0.25) is 5.02 Å². The number of benzene rings is 1. The van der Waals surface area contributed by atoms with Crippen molar-refractivity contribution in [2.75, 3.05) is 0 Å². The van der Waals surface area contributed by atoms with E-state index in [1.807, 2.05) is 24.3 Å². The molecule has 0 nitrogen and oxygen atoms in total. The molecule has 1 aromatic carbocycles. The quantitative estimate of drug-likeness (QED) is 0.687. The second-order valence-corrected chi connectivity index (χ2v) is 4.47. The van der Waals surface area contributed by atoms with Crippen molar-refractivity contribution in [3.8, 4) is 0 Å². The molecule has 1 rings (SSSR count). The van der Waals surface area contributed by atoms with E-state index < -0.39 is 0 Å². The minimum absolute atomic E-state index is 0.410. The molecule has 0 fully saturated rings. The van der Waals surface area contributed by atoms with E-state index in [1.54, 1.807) is 0 Å². The number of halogens is 2. The van der Waals surface area contributed by atoms with Crippen molar-refractivity contribution < 1.29 is 0 Å². The maximum absolute atomic E-state index is 5.74. The van der Waals surface area contributed by atoms with Gasteiger partial charge in [-0.05, 0) is 24.6 Å². The van der Waals surface area contributed by atoms with Gasteiger partial charge in [0.15, 0.2) is 0 Å². The minimum atomic E-state index is 0.410. The van der Waals surface area contributed by atoms with Gasteiger partial charge in [0.05, 0.1) is 0 Å². The molecule has 1 unspecified atom stereocenters. The highest BCUT2D eigenvalue weighted by Gasteiger charge is 1.89. The smallest absolute Gasteiger partial charge is 0.0406 e. The fraction of sp³-hybridized carbons (Fsp3) is 0.200. The maximum Gasteiger partial charge on any atom is 0.0406 e. The Bertz CT molecular complexity index is 262. The summed E-state index contributed by atoms with van der Waals surface area (Å²) in [5, 5.41) is 0.777. The van der Waals surface area contributed by atoms with Gasteiger partial charge in [0, 0.05) is 9.85 Å². The summed E-state index contributed by atoms with van der Waals surface area (Å²) in [6.45, 7) is 2.08. The Morgan fingerprint density at radius 2 is 1.92 bits per heavy atom. The zero-order chi connectivity index (χ0) is 8.97. The fourth-order valence-electron chi connectivity index (χ4n) is 0.818. The molecular weight excluding hydrogens is 235 g/mol. The molecule has 0 bridgehead atoms. The van der Waals surface area contributed by atoms with Gasteiger partial charge in [0.1, 0.15) is 0 Å². The van der Waals surface area contributed by atoms with Crippen LogP contribution in [0, 0.1) is 0 Å². The Hall–Kier alpha value is -0.270. The first-order valence-corrected chi connectivity index (χ1v) is 5.05. The van der Waals surface area contributed by atoms with Crippen LogP contribution in [-0.4, -0.2) is 4.83 Å². The Morgan fingerprint density at radius 1 is 1.33 bits per heavy atom. The van der Waals surface area contributed by atoms with Gasteiger partial charge in [-0.3, -0.25) is 0 Å². The summed E-state index contributed by atoms with van der Waals surface area (Å²) < 4.78 is 0. The lowest BCUT2D eigenvalue weighted by molar-refractivity contribution is 1.28. The van der Waals surface area contributed by atoms with Crippen molar-refractivity contribution in [3.05, 3.63) is 40.9 Å². The molecule has 0 amide bonds. The van der Waals surface area contributed by atoms with Gasteiger partial charge in [-0.25, -0.2) is 0 Å². The molecule has 0 heterocycles. The lowest BCUT2D eigenvalue weighted by Crippen LogP contribution is -1.79. The van der Waals surface area contributed by atoms with E-state index in [1.165, 1.54) is 5.56 Å². The van der Waals surface area contributed by atoms with Crippen LogP contribution in [-0.2, 0) is 0 Å². The standard InChI is InChI=1S/C10H10BrCl/c1-8(11)2-3-9-4-6-10(12)7-5-9/h2-8H,1H3. The van der Waals surface area contributed by atoms with Crippen LogP contribution in [0.5, 0.6) is 0 Å². The van der Waals surface area contributed by atoms with Crippen LogP contribution in [0.4, 0.5) is 0 Å². The van der Waals surface area contributed by atoms with Crippen LogP contribution < -0.4 is 0 Å². The van der Waals surface area contributed by atoms with Crippen molar-refractivity contribution in [2.45, 2.75) is 11.8 Å². The zero-order valence-electron chi connectivity index (χ0n) is 6.80. The molecule has 0 aromatic heterocycles. The Balaban J connectivity index is 2.71. The van der Waals surface area contributed by atoms with Gasteiger partial charge < -0.3 is 0 Å². The number of hydrogen-bond acceptors (Lipinski definition) is 0. The van der Waals surface area contributed by atoms with Crippen LogP contribution in [0.1, 0.15) is 12.5 Å². The third-order valence-electron chi connectivity index (χ3n) is 1.42. The van der Waals surface area contributed by atoms with Gasteiger partial charge in [-0.2, -0.15) is 0 Å². The summed E-state index contributed by atoms with van der Waals surface area (Å²) in [5.74, 6) is 0. The molecule has 0 saturated heterocycles. The molecule has 1 atom stereocenters. The molecule has 0 aliphatic rings. The topological polar surface area (TPSA) is 0 Å². The predicted molar refractivity (Wildman–Crippen MR) is 58.9 cm³/mol. The van der Waals surface area contributed by atoms with Crippen LogP contribution >= 0.6 is 27.5 Å². The van der Waals surface area contributed by atoms with E-state index in [2.05, 4.69) is 35.0 Å². The van der Waals surface area contributed by atoms with E-state index in [0.717, 1.165) is 5.02 Å². The number of rotatable bonds is 2. The van der Waals surface area contributed by atoms with Crippen LogP contribution in [0.25, 0.3) is 6.08 Å². The largest absolute Gasteiger partial charge is 0.0848 e. The first-order chi connectivity index (χ1) is 5.68. The summed E-state index contributed by atoms with van der Waals surface area (Å²) >= 11 is 9.17. The lowest BCUT2D eigenvalue weighted by atomic mass is 10.2. The molecule has 0 aliphatic heterocycles. The third kappa shape index (κ3) is 3.42. The van der Waals surface area contributed by atoms with Gasteiger partial charge in [0.2, 0.25) is 0 Å². The van der Waals surface area contributed by atoms with Gasteiger partial charge in [0.25, 0.3) is 0 Å².